The van der Waals surface area contributed by atoms with Crippen LogP contribution < -0.4 is 5.73 Å². The van der Waals surface area contributed by atoms with Gasteiger partial charge in [0.15, 0.2) is 0 Å². The Morgan fingerprint density at radius 2 is 2.00 bits per heavy atom. The molecule has 2 N–H and O–H groups in total. The lowest BCUT2D eigenvalue weighted by Crippen LogP contribution is -2.33. The number of likely N-dealkylation sites (N-methyl/N-ethyl adjacent to an activating group) is 1. The highest BCUT2D eigenvalue weighted by atomic mass is 15.1. The minimum atomic E-state index is 0.225. The number of rotatable bonds is 6. The monoisotopic (exact) mass is 271 g/mol. The SMILES string of the molecule is CCC(C)CN(C)C(CN)c1cccc2cccnc12. The molecule has 2 aromatic rings. The van der Waals surface area contributed by atoms with E-state index in [0.29, 0.717) is 12.5 Å². The number of fused-ring (bicyclic) bond motifs is 1. The van der Waals surface area contributed by atoms with E-state index in [2.05, 4.69) is 55.0 Å². The minimum absolute atomic E-state index is 0.225. The Hall–Kier alpha value is -1.45. The molecular weight excluding hydrogens is 246 g/mol. The Kier molecular flexibility index (Phi) is 5.10. The highest BCUT2D eigenvalue weighted by Crippen LogP contribution is 2.26. The van der Waals surface area contributed by atoms with Crippen LogP contribution >= 0.6 is 0 Å². The van der Waals surface area contributed by atoms with Crippen LogP contribution in [0.4, 0.5) is 0 Å². The lowest BCUT2D eigenvalue weighted by Gasteiger charge is -2.30. The highest BCUT2D eigenvalue weighted by Gasteiger charge is 2.19. The first-order valence-corrected chi connectivity index (χ1v) is 7.41. The third-order valence-electron chi connectivity index (χ3n) is 4.07. The van der Waals surface area contributed by atoms with Crippen molar-refractivity contribution in [3.63, 3.8) is 0 Å². The van der Waals surface area contributed by atoms with E-state index in [1.807, 2.05) is 12.3 Å². The van der Waals surface area contributed by atoms with Crippen LogP contribution in [0.1, 0.15) is 31.9 Å². The predicted molar refractivity (Wildman–Crippen MR) is 85.6 cm³/mol. The number of para-hydroxylation sites is 1. The van der Waals surface area contributed by atoms with E-state index in [1.54, 1.807) is 0 Å². The van der Waals surface area contributed by atoms with Crippen LogP contribution in [-0.4, -0.2) is 30.0 Å². The van der Waals surface area contributed by atoms with Gasteiger partial charge < -0.3 is 5.73 Å². The molecule has 0 aliphatic heterocycles. The summed E-state index contributed by atoms with van der Waals surface area (Å²) in [5.74, 6) is 0.678. The Labute approximate surface area is 121 Å². The van der Waals surface area contributed by atoms with E-state index in [-0.39, 0.29) is 6.04 Å². The molecule has 2 atom stereocenters. The van der Waals surface area contributed by atoms with Crippen LogP contribution in [0.25, 0.3) is 10.9 Å². The molecule has 1 aromatic carbocycles. The standard InChI is InChI=1S/C17H25N3/c1-4-13(2)12-20(3)16(11-18)15-9-5-7-14-8-6-10-19-17(14)15/h5-10,13,16H,4,11-12,18H2,1-3H3. The first kappa shape index (κ1) is 14.9. The fourth-order valence-electron chi connectivity index (χ4n) is 2.69. The number of hydrogen-bond donors (Lipinski definition) is 1. The van der Waals surface area contributed by atoms with Crippen molar-refractivity contribution < 1.29 is 0 Å². The second-order valence-corrected chi connectivity index (χ2v) is 5.63. The zero-order chi connectivity index (χ0) is 14.5. The molecule has 2 rings (SSSR count). The quantitative estimate of drug-likeness (QED) is 0.877. The second-order valence-electron chi connectivity index (χ2n) is 5.63. The lowest BCUT2D eigenvalue weighted by atomic mass is 10.00. The lowest BCUT2D eigenvalue weighted by molar-refractivity contribution is 0.216. The molecule has 0 saturated heterocycles. The van der Waals surface area contributed by atoms with Crippen LogP contribution in [0.15, 0.2) is 36.5 Å². The number of nitrogens with zero attached hydrogens (tertiary/aromatic N) is 2. The Bertz CT molecular complexity index is 547. The van der Waals surface area contributed by atoms with Crippen molar-refractivity contribution in [1.82, 2.24) is 9.88 Å². The first-order valence-electron chi connectivity index (χ1n) is 7.41. The number of pyridine rings is 1. The third-order valence-corrected chi connectivity index (χ3v) is 4.07. The van der Waals surface area contributed by atoms with Crippen molar-refractivity contribution in [3.05, 3.63) is 42.1 Å². The molecule has 0 amide bonds. The van der Waals surface area contributed by atoms with Crippen LogP contribution in [0.3, 0.4) is 0 Å². The predicted octanol–water partition coefficient (Wildman–Crippen LogP) is 3.21. The van der Waals surface area contributed by atoms with E-state index in [1.165, 1.54) is 17.4 Å². The minimum Gasteiger partial charge on any atom is -0.329 e. The van der Waals surface area contributed by atoms with Crippen LogP contribution in [0.5, 0.6) is 0 Å². The zero-order valence-corrected chi connectivity index (χ0v) is 12.7. The summed E-state index contributed by atoms with van der Waals surface area (Å²) in [4.78, 5) is 6.91. The van der Waals surface area contributed by atoms with Gasteiger partial charge in [0.1, 0.15) is 0 Å². The van der Waals surface area contributed by atoms with Gasteiger partial charge in [-0.15, -0.1) is 0 Å². The van der Waals surface area contributed by atoms with Gasteiger partial charge in [0.2, 0.25) is 0 Å². The summed E-state index contributed by atoms with van der Waals surface area (Å²) in [5, 5.41) is 1.18. The molecule has 3 nitrogen and oxygen atoms in total. The van der Waals surface area contributed by atoms with E-state index in [4.69, 9.17) is 5.73 Å². The van der Waals surface area contributed by atoms with E-state index in [0.717, 1.165) is 12.1 Å². The molecule has 108 valence electrons. The van der Waals surface area contributed by atoms with Gasteiger partial charge in [-0.2, -0.15) is 0 Å². The van der Waals surface area contributed by atoms with Gasteiger partial charge in [-0.1, -0.05) is 44.5 Å². The van der Waals surface area contributed by atoms with Crippen LogP contribution in [0, 0.1) is 5.92 Å². The number of hydrogen-bond acceptors (Lipinski definition) is 3. The Balaban J connectivity index is 2.34. The molecule has 0 aliphatic carbocycles. The molecular formula is C17H25N3. The van der Waals surface area contributed by atoms with Crippen molar-refractivity contribution in [2.75, 3.05) is 20.1 Å². The Morgan fingerprint density at radius 1 is 1.25 bits per heavy atom. The maximum Gasteiger partial charge on any atom is 0.0750 e. The molecule has 3 heteroatoms. The molecule has 0 bridgehead atoms. The summed E-state index contributed by atoms with van der Waals surface area (Å²) in [6.07, 6.45) is 3.05. The second kappa shape index (κ2) is 6.82. The molecule has 20 heavy (non-hydrogen) atoms. The largest absolute Gasteiger partial charge is 0.329 e. The molecule has 0 aliphatic rings. The number of nitrogens with two attached hydrogens (primary N) is 1. The van der Waals surface area contributed by atoms with Crippen molar-refractivity contribution in [2.24, 2.45) is 11.7 Å². The van der Waals surface area contributed by atoms with Crippen LogP contribution in [0.2, 0.25) is 0 Å². The van der Waals surface area contributed by atoms with Crippen molar-refractivity contribution >= 4 is 10.9 Å². The molecule has 0 radical (unpaired) electrons. The molecule has 2 unspecified atom stereocenters. The Morgan fingerprint density at radius 3 is 2.70 bits per heavy atom. The summed E-state index contributed by atoms with van der Waals surface area (Å²) in [6.45, 7) is 6.19. The molecule has 0 fully saturated rings. The average Bonchev–Trinajstić information content (AvgIpc) is 2.48. The summed E-state index contributed by atoms with van der Waals surface area (Å²) in [5.41, 5.74) is 8.35. The molecule has 1 heterocycles. The molecule has 0 saturated carbocycles. The van der Waals surface area contributed by atoms with Gasteiger partial charge in [-0.3, -0.25) is 9.88 Å². The third kappa shape index (κ3) is 3.17. The summed E-state index contributed by atoms with van der Waals surface area (Å²) >= 11 is 0. The van der Waals surface area contributed by atoms with Gasteiger partial charge >= 0.3 is 0 Å². The number of benzene rings is 1. The molecule has 1 aromatic heterocycles. The fourth-order valence-corrected chi connectivity index (χ4v) is 2.69. The topological polar surface area (TPSA) is 42.1 Å². The smallest absolute Gasteiger partial charge is 0.0750 e. The average molecular weight is 271 g/mol. The van der Waals surface area contributed by atoms with Crippen molar-refractivity contribution in [1.29, 1.82) is 0 Å². The van der Waals surface area contributed by atoms with E-state index >= 15 is 0 Å². The van der Waals surface area contributed by atoms with Gasteiger partial charge in [0, 0.05) is 30.7 Å². The molecule has 0 spiro atoms. The van der Waals surface area contributed by atoms with E-state index in [9.17, 15) is 0 Å². The van der Waals surface area contributed by atoms with Gasteiger partial charge in [-0.05, 0) is 24.6 Å². The maximum absolute atomic E-state index is 6.04. The normalized spacial score (nSPS) is 14.7. The maximum atomic E-state index is 6.04. The summed E-state index contributed by atoms with van der Waals surface area (Å²) in [6, 6.07) is 10.7. The van der Waals surface area contributed by atoms with Crippen molar-refractivity contribution in [2.45, 2.75) is 26.3 Å². The first-order chi connectivity index (χ1) is 9.67. The number of aromatic nitrogens is 1. The van der Waals surface area contributed by atoms with Gasteiger partial charge in [0.05, 0.1) is 5.52 Å². The fraction of sp³-hybridized carbons (Fsp3) is 0.471. The summed E-state index contributed by atoms with van der Waals surface area (Å²) < 4.78 is 0. The van der Waals surface area contributed by atoms with Crippen LogP contribution in [-0.2, 0) is 0 Å². The zero-order valence-electron chi connectivity index (χ0n) is 12.7. The van der Waals surface area contributed by atoms with Crippen molar-refractivity contribution in [3.8, 4) is 0 Å². The highest BCUT2D eigenvalue weighted by molar-refractivity contribution is 5.82. The van der Waals surface area contributed by atoms with Gasteiger partial charge in [0.25, 0.3) is 0 Å². The van der Waals surface area contributed by atoms with Gasteiger partial charge in [-0.25, -0.2) is 0 Å². The van der Waals surface area contributed by atoms with E-state index < -0.39 is 0 Å². The summed E-state index contributed by atoms with van der Waals surface area (Å²) in [7, 11) is 2.16.